The number of halogens is 1. The number of aliphatic hydroxyl groups is 1. The normalized spacial score (nSPS) is 10.1. The minimum Gasteiger partial charge on any atom is -0.484 e. The molecule has 0 spiro atoms. The van der Waals surface area contributed by atoms with Crippen molar-refractivity contribution in [3.63, 3.8) is 0 Å². The van der Waals surface area contributed by atoms with E-state index in [9.17, 15) is 9.18 Å². The van der Waals surface area contributed by atoms with Gasteiger partial charge in [0, 0.05) is 6.54 Å². The van der Waals surface area contributed by atoms with Gasteiger partial charge in [-0.05, 0) is 24.3 Å². The van der Waals surface area contributed by atoms with Crippen molar-refractivity contribution in [2.75, 3.05) is 33.0 Å². The van der Waals surface area contributed by atoms with Crippen molar-refractivity contribution in [3.05, 3.63) is 30.1 Å². The van der Waals surface area contributed by atoms with Crippen LogP contribution in [0.2, 0.25) is 0 Å². The van der Waals surface area contributed by atoms with Gasteiger partial charge < -0.3 is 19.9 Å². The van der Waals surface area contributed by atoms with Crippen LogP contribution in [-0.2, 0) is 9.53 Å². The van der Waals surface area contributed by atoms with Gasteiger partial charge in [-0.2, -0.15) is 0 Å². The first-order valence-electron chi connectivity index (χ1n) is 5.56. The van der Waals surface area contributed by atoms with Gasteiger partial charge in [0.05, 0.1) is 19.8 Å². The fourth-order valence-electron chi connectivity index (χ4n) is 1.16. The topological polar surface area (TPSA) is 67.8 Å². The molecule has 0 radical (unpaired) electrons. The summed E-state index contributed by atoms with van der Waals surface area (Å²) in [6, 6.07) is 5.42. The highest BCUT2D eigenvalue weighted by molar-refractivity contribution is 5.77. The van der Waals surface area contributed by atoms with Crippen LogP contribution in [0.4, 0.5) is 4.39 Å². The number of benzene rings is 1. The van der Waals surface area contributed by atoms with E-state index in [-0.39, 0.29) is 31.5 Å². The van der Waals surface area contributed by atoms with Gasteiger partial charge >= 0.3 is 0 Å². The second-order valence-electron chi connectivity index (χ2n) is 3.43. The van der Waals surface area contributed by atoms with E-state index >= 15 is 0 Å². The number of aliphatic hydroxyl groups excluding tert-OH is 1. The lowest BCUT2D eigenvalue weighted by Gasteiger charge is -2.07. The van der Waals surface area contributed by atoms with Gasteiger partial charge in [0.1, 0.15) is 11.6 Å². The van der Waals surface area contributed by atoms with E-state index in [0.29, 0.717) is 18.9 Å². The smallest absolute Gasteiger partial charge is 0.258 e. The first-order valence-corrected chi connectivity index (χ1v) is 5.56. The molecule has 2 N–H and O–H groups in total. The summed E-state index contributed by atoms with van der Waals surface area (Å²) in [5.41, 5.74) is 0. The minimum atomic E-state index is -0.354. The second kappa shape index (κ2) is 8.43. The molecule has 5 nitrogen and oxygen atoms in total. The molecule has 18 heavy (non-hydrogen) atoms. The number of nitrogens with one attached hydrogen (secondary N) is 1. The Bertz CT molecular complexity index is 356. The zero-order valence-corrected chi connectivity index (χ0v) is 9.89. The lowest BCUT2D eigenvalue weighted by molar-refractivity contribution is -0.123. The Balaban J connectivity index is 2.11. The third-order valence-corrected chi connectivity index (χ3v) is 1.99. The predicted octanol–water partition coefficient (Wildman–Crippen LogP) is 0.330. The van der Waals surface area contributed by atoms with Crippen LogP contribution < -0.4 is 10.1 Å². The third-order valence-electron chi connectivity index (χ3n) is 1.99. The number of rotatable bonds is 8. The van der Waals surface area contributed by atoms with Crippen molar-refractivity contribution in [2.24, 2.45) is 0 Å². The van der Waals surface area contributed by atoms with Crippen molar-refractivity contribution in [3.8, 4) is 5.75 Å². The molecule has 0 saturated heterocycles. The van der Waals surface area contributed by atoms with Crippen LogP contribution in [-0.4, -0.2) is 44.0 Å². The van der Waals surface area contributed by atoms with Crippen LogP contribution in [0.1, 0.15) is 0 Å². The Labute approximate surface area is 105 Å². The molecule has 0 aliphatic heterocycles. The molecule has 100 valence electrons. The van der Waals surface area contributed by atoms with Crippen molar-refractivity contribution in [2.45, 2.75) is 0 Å². The first kappa shape index (κ1) is 14.4. The summed E-state index contributed by atoms with van der Waals surface area (Å²) in [6.07, 6.45) is 0. The molecule has 1 aromatic rings. The highest BCUT2D eigenvalue weighted by atomic mass is 19.1. The number of carbonyl (C=O) groups excluding carboxylic acids is 1. The quantitative estimate of drug-likeness (QED) is 0.659. The summed E-state index contributed by atoms with van der Waals surface area (Å²) in [6.45, 7) is 0.768. The molecular weight excluding hydrogens is 241 g/mol. The molecule has 1 aromatic carbocycles. The summed E-state index contributed by atoms with van der Waals surface area (Å²) < 4.78 is 22.7. The molecule has 0 aliphatic rings. The van der Waals surface area contributed by atoms with E-state index in [2.05, 4.69) is 5.32 Å². The molecule has 0 fully saturated rings. The maximum absolute atomic E-state index is 12.6. The Morgan fingerprint density at radius 2 is 2.00 bits per heavy atom. The van der Waals surface area contributed by atoms with E-state index in [1.54, 1.807) is 0 Å². The van der Waals surface area contributed by atoms with E-state index in [1.165, 1.54) is 24.3 Å². The maximum atomic E-state index is 12.6. The van der Waals surface area contributed by atoms with Gasteiger partial charge in [-0.25, -0.2) is 4.39 Å². The van der Waals surface area contributed by atoms with Gasteiger partial charge in [-0.3, -0.25) is 4.79 Å². The second-order valence-corrected chi connectivity index (χ2v) is 3.43. The molecule has 0 aromatic heterocycles. The molecule has 6 heteroatoms. The van der Waals surface area contributed by atoms with Crippen molar-refractivity contribution in [1.82, 2.24) is 5.32 Å². The molecule has 0 aliphatic carbocycles. The van der Waals surface area contributed by atoms with Crippen LogP contribution in [0.3, 0.4) is 0 Å². The highest BCUT2D eigenvalue weighted by Crippen LogP contribution is 2.10. The Kier molecular flexibility index (Phi) is 6.75. The molecule has 0 bridgehead atoms. The third kappa shape index (κ3) is 6.17. The first-order chi connectivity index (χ1) is 8.72. The van der Waals surface area contributed by atoms with Gasteiger partial charge in [0.25, 0.3) is 5.91 Å². The van der Waals surface area contributed by atoms with E-state index in [0.717, 1.165) is 0 Å². The number of ether oxygens (including phenoxy) is 2. The van der Waals surface area contributed by atoms with Crippen LogP contribution in [0.15, 0.2) is 24.3 Å². The van der Waals surface area contributed by atoms with Crippen molar-refractivity contribution in [1.29, 1.82) is 0 Å². The zero-order chi connectivity index (χ0) is 13.2. The minimum absolute atomic E-state index is 0.0401. The molecular formula is C12H16FNO4. The summed E-state index contributed by atoms with van der Waals surface area (Å²) in [4.78, 5) is 11.3. The summed E-state index contributed by atoms with van der Waals surface area (Å²) in [5.74, 6) is -0.206. The van der Waals surface area contributed by atoms with Crippen LogP contribution in [0.25, 0.3) is 0 Å². The maximum Gasteiger partial charge on any atom is 0.258 e. The van der Waals surface area contributed by atoms with Gasteiger partial charge in [0.15, 0.2) is 6.61 Å². The molecule has 0 unspecified atom stereocenters. The average Bonchev–Trinajstić information content (AvgIpc) is 2.38. The largest absolute Gasteiger partial charge is 0.484 e. The van der Waals surface area contributed by atoms with E-state index in [1.807, 2.05) is 0 Å². The Morgan fingerprint density at radius 3 is 2.67 bits per heavy atom. The number of amides is 1. The van der Waals surface area contributed by atoms with Gasteiger partial charge in [-0.15, -0.1) is 0 Å². The van der Waals surface area contributed by atoms with Gasteiger partial charge in [0.2, 0.25) is 0 Å². The van der Waals surface area contributed by atoms with Crippen LogP contribution in [0, 0.1) is 5.82 Å². The number of hydrogen-bond acceptors (Lipinski definition) is 4. The highest BCUT2D eigenvalue weighted by Gasteiger charge is 2.02. The van der Waals surface area contributed by atoms with Crippen molar-refractivity contribution < 1.29 is 23.8 Å². The fraction of sp³-hybridized carbons (Fsp3) is 0.417. The average molecular weight is 257 g/mol. The number of carbonyl (C=O) groups is 1. The van der Waals surface area contributed by atoms with E-state index in [4.69, 9.17) is 14.6 Å². The molecule has 1 amide bonds. The number of hydrogen-bond donors (Lipinski definition) is 2. The molecule has 1 rings (SSSR count). The molecule has 0 atom stereocenters. The monoisotopic (exact) mass is 257 g/mol. The van der Waals surface area contributed by atoms with E-state index < -0.39 is 0 Å². The Morgan fingerprint density at radius 1 is 1.28 bits per heavy atom. The summed E-state index contributed by atoms with van der Waals surface area (Å²) >= 11 is 0. The summed E-state index contributed by atoms with van der Waals surface area (Å²) in [7, 11) is 0. The zero-order valence-electron chi connectivity index (χ0n) is 9.89. The van der Waals surface area contributed by atoms with Crippen LogP contribution in [0.5, 0.6) is 5.75 Å². The van der Waals surface area contributed by atoms with Crippen molar-refractivity contribution >= 4 is 5.91 Å². The lowest BCUT2D eigenvalue weighted by Crippen LogP contribution is -2.31. The lowest BCUT2D eigenvalue weighted by atomic mass is 10.3. The molecule has 0 heterocycles. The van der Waals surface area contributed by atoms with Gasteiger partial charge in [-0.1, -0.05) is 0 Å². The summed E-state index contributed by atoms with van der Waals surface area (Å²) in [5, 5.41) is 11.0. The SMILES string of the molecule is O=C(COc1ccc(F)cc1)NCCOCCO. The standard InChI is InChI=1S/C12H16FNO4/c13-10-1-3-11(4-2-10)18-9-12(16)14-5-7-17-8-6-15/h1-4,15H,5-9H2,(H,14,16). The predicted molar refractivity (Wildman–Crippen MR) is 62.8 cm³/mol. The van der Waals surface area contributed by atoms with Crippen LogP contribution >= 0.6 is 0 Å². The fourth-order valence-corrected chi connectivity index (χ4v) is 1.16. The molecule has 0 saturated carbocycles. The Hall–Kier alpha value is -1.66.